The molecule has 0 spiro atoms. The third-order valence-electron chi connectivity index (χ3n) is 4.57. The van der Waals surface area contributed by atoms with Gasteiger partial charge in [0.2, 0.25) is 5.91 Å². The summed E-state index contributed by atoms with van der Waals surface area (Å²) in [6.07, 6.45) is 4.43. The van der Waals surface area contributed by atoms with Gasteiger partial charge in [-0.3, -0.25) is 14.2 Å². The van der Waals surface area contributed by atoms with Crippen molar-refractivity contribution in [1.29, 1.82) is 5.26 Å². The lowest BCUT2D eigenvalue weighted by Gasteiger charge is -2.31. The van der Waals surface area contributed by atoms with E-state index in [1.165, 1.54) is 16.3 Å². The molecule has 25 heavy (non-hydrogen) atoms. The number of nitrogens with one attached hydrogen (secondary N) is 1. The summed E-state index contributed by atoms with van der Waals surface area (Å²) in [6, 6.07) is 9.44. The average molecular weight is 356 g/mol. The summed E-state index contributed by atoms with van der Waals surface area (Å²) in [6.45, 7) is 0. The molecule has 1 aromatic heterocycles. The third-order valence-corrected chi connectivity index (χ3v) is 5.60. The van der Waals surface area contributed by atoms with Crippen LogP contribution in [0.1, 0.15) is 32.1 Å². The number of carbonyl (C=O) groups excluding carboxylic acids is 1. The molecule has 0 radical (unpaired) electrons. The molecule has 6 nitrogen and oxygen atoms in total. The lowest BCUT2D eigenvalue weighted by molar-refractivity contribution is -0.120. The van der Waals surface area contributed by atoms with Gasteiger partial charge in [-0.05, 0) is 25.0 Å². The van der Waals surface area contributed by atoms with Crippen LogP contribution in [-0.2, 0) is 11.8 Å². The Bertz CT molecular complexity index is 894. The molecule has 0 saturated heterocycles. The molecule has 3 rings (SSSR count). The lowest BCUT2D eigenvalue weighted by Crippen LogP contribution is -2.49. The van der Waals surface area contributed by atoms with E-state index in [0.29, 0.717) is 28.9 Å². The normalized spacial score (nSPS) is 16.3. The summed E-state index contributed by atoms with van der Waals surface area (Å²) >= 11 is 1.21. The lowest BCUT2D eigenvalue weighted by atomic mass is 9.83. The highest BCUT2D eigenvalue weighted by molar-refractivity contribution is 7.99. The average Bonchev–Trinajstić information content (AvgIpc) is 2.64. The fourth-order valence-electron chi connectivity index (χ4n) is 3.18. The molecule has 130 valence electrons. The van der Waals surface area contributed by atoms with E-state index in [-0.39, 0.29) is 17.2 Å². The van der Waals surface area contributed by atoms with Gasteiger partial charge < -0.3 is 5.32 Å². The first-order valence-corrected chi connectivity index (χ1v) is 9.34. The van der Waals surface area contributed by atoms with Crippen LogP contribution >= 0.6 is 11.8 Å². The molecule has 2 aromatic rings. The molecule has 7 heteroatoms. The van der Waals surface area contributed by atoms with E-state index in [9.17, 15) is 14.9 Å². The number of nitrogens with zero attached hydrogens (tertiary/aromatic N) is 3. The van der Waals surface area contributed by atoms with Gasteiger partial charge in [0.15, 0.2) is 5.16 Å². The van der Waals surface area contributed by atoms with Gasteiger partial charge in [0.1, 0.15) is 5.54 Å². The fraction of sp³-hybridized carbons (Fsp3) is 0.444. The summed E-state index contributed by atoms with van der Waals surface area (Å²) in [4.78, 5) is 29.2. The van der Waals surface area contributed by atoms with Crippen LogP contribution in [0.15, 0.2) is 34.2 Å². The number of rotatable bonds is 4. The molecule has 1 aromatic carbocycles. The first kappa shape index (κ1) is 17.5. The van der Waals surface area contributed by atoms with Crippen molar-refractivity contribution in [1.82, 2.24) is 14.9 Å². The highest BCUT2D eigenvalue weighted by Crippen LogP contribution is 2.27. The molecular weight excluding hydrogens is 336 g/mol. The zero-order valence-electron chi connectivity index (χ0n) is 14.1. The fourth-order valence-corrected chi connectivity index (χ4v) is 3.95. The van der Waals surface area contributed by atoms with Crippen molar-refractivity contribution < 1.29 is 4.79 Å². The van der Waals surface area contributed by atoms with E-state index in [0.717, 1.165) is 19.3 Å². The molecule has 0 aliphatic heterocycles. The van der Waals surface area contributed by atoms with Crippen LogP contribution in [0.5, 0.6) is 0 Å². The number of nitriles is 1. The minimum atomic E-state index is -0.738. The Morgan fingerprint density at radius 3 is 2.80 bits per heavy atom. The Morgan fingerprint density at radius 1 is 1.36 bits per heavy atom. The Morgan fingerprint density at radius 2 is 2.08 bits per heavy atom. The minimum Gasteiger partial charge on any atom is -0.337 e. The Kier molecular flexibility index (Phi) is 5.09. The molecule has 1 fully saturated rings. The van der Waals surface area contributed by atoms with E-state index in [4.69, 9.17) is 0 Å². The maximum Gasteiger partial charge on any atom is 0.261 e. The van der Waals surface area contributed by atoms with Crippen LogP contribution in [-0.4, -0.2) is 26.8 Å². The molecule has 1 saturated carbocycles. The summed E-state index contributed by atoms with van der Waals surface area (Å²) in [5.41, 5.74) is -0.248. The molecule has 1 aliphatic carbocycles. The first-order valence-electron chi connectivity index (χ1n) is 8.35. The van der Waals surface area contributed by atoms with Crippen molar-refractivity contribution in [3.05, 3.63) is 34.6 Å². The number of hydrogen-bond acceptors (Lipinski definition) is 5. The van der Waals surface area contributed by atoms with Crippen LogP contribution < -0.4 is 10.9 Å². The number of para-hydroxylation sites is 1. The second kappa shape index (κ2) is 7.28. The topological polar surface area (TPSA) is 87.8 Å². The van der Waals surface area contributed by atoms with E-state index in [1.807, 2.05) is 6.07 Å². The van der Waals surface area contributed by atoms with Crippen LogP contribution in [0.4, 0.5) is 0 Å². The van der Waals surface area contributed by atoms with Crippen molar-refractivity contribution >= 4 is 28.6 Å². The van der Waals surface area contributed by atoms with Gasteiger partial charge >= 0.3 is 0 Å². The molecular formula is C18H20N4O2S. The van der Waals surface area contributed by atoms with E-state index >= 15 is 0 Å². The molecule has 1 N–H and O–H groups in total. The Labute approximate surface area is 150 Å². The molecule has 1 aliphatic rings. The zero-order valence-corrected chi connectivity index (χ0v) is 14.9. The third kappa shape index (κ3) is 3.69. The number of aromatic nitrogens is 2. The highest BCUT2D eigenvalue weighted by atomic mass is 32.2. The smallest absolute Gasteiger partial charge is 0.261 e. The second-order valence-electron chi connectivity index (χ2n) is 6.37. The monoisotopic (exact) mass is 356 g/mol. The highest BCUT2D eigenvalue weighted by Gasteiger charge is 2.33. The number of amides is 1. The standard InChI is InChI=1S/C18H20N4O2S/c1-22-16(24)13-7-3-4-8-14(13)20-17(22)25-11-15(23)21-18(12-19)9-5-2-6-10-18/h3-4,7-8H,2,5-6,9-11H2,1H3,(H,21,23). The number of benzene rings is 1. The van der Waals surface area contributed by atoms with Crippen molar-refractivity contribution in [2.24, 2.45) is 7.05 Å². The van der Waals surface area contributed by atoms with E-state index in [2.05, 4.69) is 16.4 Å². The van der Waals surface area contributed by atoms with Gasteiger partial charge in [0.05, 0.1) is 22.7 Å². The minimum absolute atomic E-state index is 0.127. The van der Waals surface area contributed by atoms with Crippen LogP contribution in [0.2, 0.25) is 0 Å². The SMILES string of the molecule is Cn1c(SCC(=O)NC2(C#N)CCCCC2)nc2ccccc2c1=O. The van der Waals surface area contributed by atoms with Crippen molar-refractivity contribution in [3.63, 3.8) is 0 Å². The van der Waals surface area contributed by atoms with Crippen molar-refractivity contribution in [2.45, 2.75) is 42.8 Å². The maximum absolute atomic E-state index is 12.4. The first-order chi connectivity index (χ1) is 12.0. The van der Waals surface area contributed by atoms with E-state index < -0.39 is 5.54 Å². The number of fused-ring (bicyclic) bond motifs is 1. The molecule has 0 unspecified atom stereocenters. The van der Waals surface area contributed by atoms with Gasteiger partial charge in [-0.2, -0.15) is 5.26 Å². The van der Waals surface area contributed by atoms with Gasteiger partial charge in [-0.25, -0.2) is 4.98 Å². The zero-order chi connectivity index (χ0) is 17.9. The molecule has 1 amide bonds. The summed E-state index contributed by atoms with van der Waals surface area (Å²) in [5.74, 6) is -0.0712. The predicted octanol–water partition coefficient (Wildman–Crippen LogP) is 2.37. The van der Waals surface area contributed by atoms with Crippen LogP contribution in [0.25, 0.3) is 10.9 Å². The quantitative estimate of drug-likeness (QED) is 0.671. The van der Waals surface area contributed by atoms with Crippen molar-refractivity contribution in [2.75, 3.05) is 5.75 Å². The van der Waals surface area contributed by atoms with Gasteiger partial charge in [-0.15, -0.1) is 0 Å². The second-order valence-corrected chi connectivity index (χ2v) is 7.31. The van der Waals surface area contributed by atoms with Gasteiger partial charge in [0, 0.05) is 7.05 Å². The summed E-state index contributed by atoms with van der Waals surface area (Å²) in [7, 11) is 1.65. The Balaban J connectivity index is 1.72. The summed E-state index contributed by atoms with van der Waals surface area (Å²) in [5, 5.41) is 13.4. The van der Waals surface area contributed by atoms with Crippen LogP contribution in [0, 0.1) is 11.3 Å². The van der Waals surface area contributed by atoms with Gasteiger partial charge in [-0.1, -0.05) is 43.2 Å². The maximum atomic E-state index is 12.4. The largest absolute Gasteiger partial charge is 0.337 e. The molecule has 1 heterocycles. The molecule has 0 bridgehead atoms. The van der Waals surface area contributed by atoms with Crippen LogP contribution in [0.3, 0.4) is 0 Å². The molecule has 0 atom stereocenters. The Hall–Kier alpha value is -2.33. The number of thioether (sulfide) groups is 1. The summed E-state index contributed by atoms with van der Waals surface area (Å²) < 4.78 is 1.46. The number of carbonyl (C=O) groups is 1. The van der Waals surface area contributed by atoms with Gasteiger partial charge in [0.25, 0.3) is 5.56 Å². The van der Waals surface area contributed by atoms with E-state index in [1.54, 1.807) is 25.2 Å². The number of hydrogen-bond donors (Lipinski definition) is 1. The predicted molar refractivity (Wildman–Crippen MR) is 97.3 cm³/mol. The van der Waals surface area contributed by atoms with Crippen molar-refractivity contribution in [3.8, 4) is 6.07 Å².